The molecule has 1 heterocycles. The van der Waals surface area contributed by atoms with E-state index in [1.165, 1.54) is 5.56 Å². The smallest absolute Gasteiger partial charge is 0.123 e. The quantitative estimate of drug-likeness (QED) is 0.547. The highest BCUT2D eigenvalue weighted by atomic mass is 16.5. The molecule has 1 aliphatic carbocycles. The first-order valence-corrected chi connectivity index (χ1v) is 4.87. The molecule has 2 unspecified atom stereocenters. The van der Waals surface area contributed by atoms with E-state index < -0.39 is 0 Å². The number of ether oxygens (including phenoxy) is 1. The Balaban J connectivity index is 2.09. The van der Waals surface area contributed by atoms with Gasteiger partial charge in [0.05, 0.1) is 0 Å². The molecule has 2 atom stereocenters. The van der Waals surface area contributed by atoms with Crippen molar-refractivity contribution in [3.8, 4) is 5.75 Å². The lowest BCUT2D eigenvalue weighted by Gasteiger charge is -2.18. The van der Waals surface area contributed by atoms with Gasteiger partial charge in [-0.15, -0.1) is 0 Å². The highest BCUT2D eigenvalue weighted by molar-refractivity contribution is 5.44. The first-order chi connectivity index (χ1) is 6.45. The molecule has 0 fully saturated rings. The molecule has 0 aromatic heterocycles. The third-order valence-corrected chi connectivity index (χ3v) is 2.92. The first kappa shape index (κ1) is 7.19. The van der Waals surface area contributed by atoms with Gasteiger partial charge in [0.2, 0.25) is 0 Å². The van der Waals surface area contributed by atoms with Crippen molar-refractivity contribution in [3.05, 3.63) is 42.0 Å². The van der Waals surface area contributed by atoms with E-state index in [1.54, 1.807) is 0 Å². The van der Waals surface area contributed by atoms with E-state index in [0.29, 0.717) is 12.0 Å². The molecule has 1 aromatic rings. The van der Waals surface area contributed by atoms with Crippen LogP contribution in [-0.4, -0.2) is 6.10 Å². The van der Waals surface area contributed by atoms with Gasteiger partial charge in [0.15, 0.2) is 0 Å². The predicted octanol–water partition coefficient (Wildman–Crippen LogP) is 2.88. The summed E-state index contributed by atoms with van der Waals surface area (Å²) >= 11 is 0. The minimum Gasteiger partial charge on any atom is -0.489 e. The van der Waals surface area contributed by atoms with Crippen LogP contribution in [0.2, 0.25) is 0 Å². The summed E-state index contributed by atoms with van der Waals surface area (Å²) in [5, 5.41) is 0. The largest absolute Gasteiger partial charge is 0.489 e. The molecule has 1 aromatic carbocycles. The fourth-order valence-electron chi connectivity index (χ4n) is 2.27. The molecular formula is C12H12O. The average molecular weight is 172 g/mol. The minimum absolute atomic E-state index is 0.405. The van der Waals surface area contributed by atoms with Crippen LogP contribution in [0.15, 0.2) is 36.4 Å². The van der Waals surface area contributed by atoms with E-state index in [4.69, 9.17) is 4.74 Å². The van der Waals surface area contributed by atoms with E-state index in [-0.39, 0.29) is 0 Å². The van der Waals surface area contributed by atoms with Crippen molar-refractivity contribution in [1.82, 2.24) is 0 Å². The minimum atomic E-state index is 0.405. The van der Waals surface area contributed by atoms with E-state index in [1.807, 2.05) is 6.07 Å². The second kappa shape index (κ2) is 2.63. The number of benzene rings is 1. The zero-order chi connectivity index (χ0) is 8.67. The van der Waals surface area contributed by atoms with Crippen molar-refractivity contribution in [2.24, 2.45) is 0 Å². The van der Waals surface area contributed by atoms with Crippen LogP contribution in [0, 0.1) is 0 Å². The fraction of sp³-hybridized carbons (Fsp3) is 0.333. The molecule has 0 bridgehead atoms. The zero-order valence-electron chi connectivity index (χ0n) is 7.44. The summed E-state index contributed by atoms with van der Waals surface area (Å²) in [6, 6.07) is 8.38. The number of hydrogen-bond donors (Lipinski definition) is 0. The maximum atomic E-state index is 5.86. The molecular weight excluding hydrogens is 160 g/mol. The normalized spacial score (nSPS) is 29.2. The van der Waals surface area contributed by atoms with Crippen molar-refractivity contribution in [2.75, 3.05) is 0 Å². The Kier molecular flexibility index (Phi) is 1.45. The second-order valence-electron chi connectivity index (χ2n) is 3.73. The van der Waals surface area contributed by atoms with Crippen LogP contribution in [0.25, 0.3) is 0 Å². The summed E-state index contributed by atoms with van der Waals surface area (Å²) in [5.74, 6) is 1.61. The van der Waals surface area contributed by atoms with Crippen LogP contribution < -0.4 is 4.74 Å². The van der Waals surface area contributed by atoms with Gasteiger partial charge in [0, 0.05) is 11.5 Å². The second-order valence-corrected chi connectivity index (χ2v) is 3.73. The Morgan fingerprint density at radius 2 is 2.15 bits per heavy atom. The number of rotatable bonds is 0. The molecule has 1 nitrogen and oxygen atoms in total. The van der Waals surface area contributed by atoms with Crippen molar-refractivity contribution < 1.29 is 4.74 Å². The Hall–Kier alpha value is -1.24. The molecule has 66 valence electrons. The third-order valence-electron chi connectivity index (χ3n) is 2.92. The summed E-state index contributed by atoms with van der Waals surface area (Å²) < 4.78 is 5.86. The average Bonchev–Trinajstić information content (AvgIpc) is 2.56. The maximum absolute atomic E-state index is 5.86. The Morgan fingerprint density at radius 1 is 1.23 bits per heavy atom. The highest BCUT2D eigenvalue weighted by Gasteiger charge is 2.32. The van der Waals surface area contributed by atoms with Gasteiger partial charge in [-0.3, -0.25) is 0 Å². The van der Waals surface area contributed by atoms with E-state index in [2.05, 4.69) is 30.4 Å². The maximum Gasteiger partial charge on any atom is 0.123 e. The van der Waals surface area contributed by atoms with E-state index >= 15 is 0 Å². The fourth-order valence-corrected chi connectivity index (χ4v) is 2.27. The van der Waals surface area contributed by atoms with E-state index in [9.17, 15) is 0 Å². The zero-order valence-corrected chi connectivity index (χ0v) is 7.44. The molecule has 0 amide bonds. The Morgan fingerprint density at radius 3 is 3.15 bits per heavy atom. The summed E-state index contributed by atoms with van der Waals surface area (Å²) in [6.45, 7) is 0. The lowest BCUT2D eigenvalue weighted by molar-refractivity contribution is 0.204. The van der Waals surface area contributed by atoms with Gasteiger partial charge >= 0.3 is 0 Å². The molecule has 13 heavy (non-hydrogen) atoms. The predicted molar refractivity (Wildman–Crippen MR) is 52.0 cm³/mol. The third kappa shape index (κ3) is 0.998. The van der Waals surface area contributed by atoms with Crippen LogP contribution in [0.4, 0.5) is 0 Å². The molecule has 1 aliphatic heterocycles. The molecule has 0 spiro atoms. The summed E-state index contributed by atoms with van der Waals surface area (Å²) in [7, 11) is 0. The molecule has 0 saturated carbocycles. The van der Waals surface area contributed by atoms with Crippen LogP contribution >= 0.6 is 0 Å². The van der Waals surface area contributed by atoms with Gasteiger partial charge in [0.25, 0.3) is 0 Å². The SMILES string of the molecule is C1=CC2c3ccccc3OC2CC1. The summed E-state index contributed by atoms with van der Waals surface area (Å²) in [5.41, 5.74) is 1.36. The number of allylic oxidation sites excluding steroid dienone is 1. The molecule has 1 heteroatoms. The van der Waals surface area contributed by atoms with Crippen molar-refractivity contribution in [3.63, 3.8) is 0 Å². The van der Waals surface area contributed by atoms with E-state index in [0.717, 1.165) is 18.6 Å². The number of hydrogen-bond acceptors (Lipinski definition) is 1. The highest BCUT2D eigenvalue weighted by Crippen LogP contribution is 2.42. The van der Waals surface area contributed by atoms with Crippen LogP contribution in [0.3, 0.4) is 0 Å². The van der Waals surface area contributed by atoms with Crippen molar-refractivity contribution in [2.45, 2.75) is 24.9 Å². The monoisotopic (exact) mass is 172 g/mol. The van der Waals surface area contributed by atoms with Crippen LogP contribution in [-0.2, 0) is 0 Å². The van der Waals surface area contributed by atoms with Crippen LogP contribution in [0.1, 0.15) is 24.3 Å². The van der Waals surface area contributed by atoms with Gasteiger partial charge in [-0.2, -0.15) is 0 Å². The molecule has 0 radical (unpaired) electrons. The van der Waals surface area contributed by atoms with Gasteiger partial charge in [-0.05, 0) is 18.9 Å². The van der Waals surface area contributed by atoms with Crippen molar-refractivity contribution >= 4 is 0 Å². The molecule has 0 N–H and O–H groups in total. The number of para-hydroxylation sites is 1. The lowest BCUT2D eigenvalue weighted by atomic mass is 9.89. The Labute approximate surface area is 78.0 Å². The van der Waals surface area contributed by atoms with Crippen molar-refractivity contribution in [1.29, 1.82) is 0 Å². The van der Waals surface area contributed by atoms with Gasteiger partial charge < -0.3 is 4.74 Å². The molecule has 2 aliphatic rings. The summed E-state index contributed by atoms with van der Waals surface area (Å²) in [4.78, 5) is 0. The van der Waals surface area contributed by atoms with Gasteiger partial charge in [-0.1, -0.05) is 30.4 Å². The first-order valence-electron chi connectivity index (χ1n) is 4.87. The topological polar surface area (TPSA) is 9.23 Å². The molecule has 0 saturated heterocycles. The standard InChI is InChI=1S/C12H12O/c1-3-7-11-9(5-1)10-6-2-4-8-12(10)13-11/h1-3,5-7,10,12H,4,8H2. The number of fused-ring (bicyclic) bond motifs is 3. The van der Waals surface area contributed by atoms with Crippen LogP contribution in [0.5, 0.6) is 5.75 Å². The lowest BCUT2D eigenvalue weighted by Crippen LogP contribution is -2.19. The van der Waals surface area contributed by atoms with Gasteiger partial charge in [0.1, 0.15) is 11.9 Å². The van der Waals surface area contributed by atoms with Gasteiger partial charge in [-0.25, -0.2) is 0 Å². The molecule has 3 rings (SSSR count). The Bertz CT molecular complexity index is 354. The summed E-state index contributed by atoms with van der Waals surface area (Å²) in [6.07, 6.45) is 7.29.